The monoisotopic (exact) mass is 1060 g/mol. The van der Waals surface area contributed by atoms with E-state index in [-0.39, 0.29) is 71.4 Å². The number of aromatic amines is 1. The first-order chi connectivity index (χ1) is 22.9. The minimum absolute atomic E-state index is 0. The van der Waals surface area contributed by atoms with E-state index in [1.54, 1.807) is 11.6 Å². The van der Waals surface area contributed by atoms with Crippen molar-refractivity contribution in [3.8, 4) is 11.5 Å². The van der Waals surface area contributed by atoms with Crippen LogP contribution in [-0.4, -0.2) is 110 Å². The number of nitrogens with one attached hydrogen (secondary N) is 2. The number of amidine groups is 1. The normalized spacial score (nSPS) is 17.8. The van der Waals surface area contributed by atoms with E-state index < -0.39 is 23.2 Å². The largest absolute Gasteiger partial charge is 0.400 e. The molecule has 1 aromatic carbocycles. The van der Waals surface area contributed by atoms with Crippen LogP contribution in [0, 0.1) is 20.8 Å². The zero-order valence-electron chi connectivity index (χ0n) is 27.9. The molecule has 4 aliphatic heterocycles. The molecule has 50 heavy (non-hydrogen) atoms. The van der Waals surface area contributed by atoms with Crippen LogP contribution in [-0.2, 0) is 54.0 Å². The maximum Gasteiger partial charge on any atom is 0.349 e. The fourth-order valence-electron chi connectivity index (χ4n) is 6.01. The number of alkyl halides is 2. The van der Waals surface area contributed by atoms with Gasteiger partial charge in [0, 0.05) is 92.5 Å². The first kappa shape index (κ1) is 41.2. The van der Waals surface area contributed by atoms with Crippen molar-refractivity contribution in [1.29, 1.82) is 0 Å². The van der Waals surface area contributed by atoms with Crippen molar-refractivity contribution < 1.29 is 51.7 Å². The molecule has 2 unspecified atom stereocenters. The molecule has 1 aromatic rings. The van der Waals surface area contributed by atoms with Gasteiger partial charge in [0.15, 0.2) is 23.1 Å². The van der Waals surface area contributed by atoms with E-state index in [4.69, 9.17) is 23.2 Å². The Morgan fingerprint density at radius 2 is 1.60 bits per heavy atom. The summed E-state index contributed by atoms with van der Waals surface area (Å²) in [5.74, 6) is 1.06. The molecule has 0 saturated heterocycles. The number of allylic oxidation sites excluding steroid dienone is 1. The second-order valence-corrected chi connectivity index (χ2v) is 12.1. The molecule has 6 rings (SSSR count). The minimum Gasteiger partial charge on any atom is -0.400 e. The molecule has 0 saturated carbocycles. The van der Waals surface area contributed by atoms with Gasteiger partial charge in [-0.2, -0.15) is 9.98 Å². The number of benzene rings is 1. The molecule has 0 spiro atoms. The van der Waals surface area contributed by atoms with Crippen molar-refractivity contribution in [3.63, 3.8) is 0 Å². The molecule has 1 aliphatic carbocycles. The number of aryl methyl sites for hydroxylation is 2. The number of hydrogen-bond acceptors (Lipinski definition) is 10. The summed E-state index contributed by atoms with van der Waals surface area (Å²) in [7, 11) is 3.57. The minimum atomic E-state index is -0.682. The molecule has 5 aliphatic rings. The van der Waals surface area contributed by atoms with E-state index in [2.05, 4.69) is 60.0 Å². The molecule has 3 amide bonds. The van der Waals surface area contributed by atoms with Crippen LogP contribution in [0.15, 0.2) is 55.1 Å². The number of carbonyl (C=O) groups excluding carboxylic acids is 2. The summed E-state index contributed by atoms with van der Waals surface area (Å²) in [5.41, 5.74) is 4.66. The van der Waals surface area contributed by atoms with Crippen LogP contribution < -0.4 is 21.5 Å². The summed E-state index contributed by atoms with van der Waals surface area (Å²) in [6.45, 7) is 14.4. The Morgan fingerprint density at radius 3 is 2.24 bits per heavy atom. The van der Waals surface area contributed by atoms with Gasteiger partial charge in [0.1, 0.15) is 0 Å². The number of aromatic nitrogens is 4. The van der Waals surface area contributed by atoms with Crippen molar-refractivity contribution in [1.82, 2.24) is 34.6 Å². The van der Waals surface area contributed by atoms with Crippen LogP contribution in [0.3, 0.4) is 0 Å². The van der Waals surface area contributed by atoms with Gasteiger partial charge >= 0.3 is 11.7 Å². The number of urea groups is 1. The second kappa shape index (κ2) is 17.4. The first-order valence-corrected chi connectivity index (χ1v) is 16.3. The SMILES string of the molecule is [CH2-]CN(CCCl)C1=CC2N=C3C(=O)NC(=O)N=C3N(C)C2C=C1C.[CH2-]CN(CCCl)c1cc2c(cc1C)nc1c(=O)[nH]c(=O)nc-1n2C.[W].[W]. The van der Waals surface area contributed by atoms with Crippen molar-refractivity contribution in [2.45, 2.75) is 25.9 Å². The van der Waals surface area contributed by atoms with E-state index >= 15 is 0 Å². The predicted octanol–water partition coefficient (Wildman–Crippen LogP) is 2.28. The topological polar surface area (TPSA) is 161 Å². The Hall–Kier alpha value is -3.18. The Kier molecular flexibility index (Phi) is 14.3. The van der Waals surface area contributed by atoms with Gasteiger partial charge in [-0.05, 0) is 43.2 Å². The first-order valence-electron chi connectivity index (χ1n) is 15.2. The number of halogens is 2. The number of nitrogens with zero attached hydrogens (tertiary/aromatic N) is 8. The summed E-state index contributed by atoms with van der Waals surface area (Å²) in [6.07, 6.45) is 4.11. The number of fused-ring (bicyclic) bond motifs is 4. The average molecular weight is 1060 g/mol. The second-order valence-electron chi connectivity index (χ2n) is 11.4. The third-order valence-corrected chi connectivity index (χ3v) is 8.74. The number of rotatable bonds is 8. The molecule has 2 N–H and O–H groups in total. The number of aliphatic imine (C=N–C) groups is 2. The van der Waals surface area contributed by atoms with Gasteiger partial charge in [-0.1, -0.05) is 6.08 Å². The van der Waals surface area contributed by atoms with E-state index in [1.165, 1.54) is 0 Å². The average Bonchev–Trinajstić information content (AvgIpc) is 3.04. The van der Waals surface area contributed by atoms with Gasteiger partial charge in [0.2, 0.25) is 0 Å². The number of imide groups is 1. The Balaban J connectivity index is 0.000000260. The smallest absolute Gasteiger partial charge is 0.349 e. The molecule has 0 radical (unpaired) electrons. The van der Waals surface area contributed by atoms with Crippen molar-refractivity contribution in [2.24, 2.45) is 17.0 Å². The molecule has 266 valence electrons. The number of likely N-dealkylation sites (N-methyl/N-ethyl adjacent to an activating group) is 1. The number of carbonyl (C=O) groups is 2. The van der Waals surface area contributed by atoms with E-state index in [1.807, 2.05) is 44.0 Å². The molecule has 2 atom stereocenters. The third-order valence-electron chi connectivity index (χ3n) is 8.41. The maximum atomic E-state index is 12.1. The van der Waals surface area contributed by atoms with Crippen LogP contribution in [0.1, 0.15) is 12.5 Å². The molecular weight excluding hydrogens is 1030 g/mol. The fraction of sp³-hybridized carbons (Fsp3) is 0.375. The summed E-state index contributed by atoms with van der Waals surface area (Å²) in [5, 5.41) is 2.17. The number of amides is 3. The summed E-state index contributed by atoms with van der Waals surface area (Å²) in [4.78, 5) is 71.9. The molecule has 4 heterocycles. The molecular formula is C32H36Cl2N10O4W2-2. The number of anilines is 1. The van der Waals surface area contributed by atoms with E-state index in [9.17, 15) is 19.2 Å². The summed E-state index contributed by atoms with van der Waals surface area (Å²) >= 11 is 11.7. The van der Waals surface area contributed by atoms with Crippen LogP contribution in [0.4, 0.5) is 10.5 Å². The maximum absolute atomic E-state index is 12.1. The Morgan fingerprint density at radius 1 is 0.940 bits per heavy atom. The molecule has 0 fully saturated rings. The van der Waals surface area contributed by atoms with Gasteiger partial charge < -0.3 is 33.1 Å². The molecule has 0 bridgehead atoms. The Labute approximate surface area is 328 Å². The zero-order valence-corrected chi connectivity index (χ0v) is 35.3. The predicted molar refractivity (Wildman–Crippen MR) is 188 cm³/mol. The van der Waals surface area contributed by atoms with Crippen LogP contribution in [0.25, 0.3) is 22.6 Å². The van der Waals surface area contributed by atoms with Crippen molar-refractivity contribution >= 4 is 63.4 Å². The van der Waals surface area contributed by atoms with Gasteiger partial charge in [-0.15, -0.1) is 36.3 Å². The van der Waals surface area contributed by atoms with Crippen molar-refractivity contribution in [3.05, 3.63) is 75.8 Å². The van der Waals surface area contributed by atoms with Gasteiger partial charge in [-0.3, -0.25) is 24.9 Å². The van der Waals surface area contributed by atoms with E-state index in [0.29, 0.717) is 49.3 Å². The van der Waals surface area contributed by atoms with Gasteiger partial charge in [0.25, 0.3) is 11.5 Å². The fourth-order valence-corrected chi connectivity index (χ4v) is 6.42. The zero-order chi connectivity index (χ0) is 34.9. The Bertz CT molecular complexity index is 1990. The molecule has 18 heteroatoms. The van der Waals surface area contributed by atoms with Crippen LogP contribution in [0.2, 0.25) is 0 Å². The van der Waals surface area contributed by atoms with Gasteiger partial charge in [-0.25, -0.2) is 14.6 Å². The quantitative estimate of drug-likeness (QED) is 0.196. The summed E-state index contributed by atoms with van der Waals surface area (Å²) < 4.78 is 1.71. The number of hydrogen-bond donors (Lipinski definition) is 2. The van der Waals surface area contributed by atoms with Gasteiger partial charge in [0.05, 0.1) is 23.1 Å². The summed E-state index contributed by atoms with van der Waals surface area (Å²) in [6, 6.07) is 2.90. The van der Waals surface area contributed by atoms with Crippen LogP contribution in [0.5, 0.6) is 0 Å². The number of H-pyrrole nitrogens is 1. The molecule has 14 nitrogen and oxygen atoms in total. The van der Waals surface area contributed by atoms with Crippen LogP contribution >= 0.6 is 23.2 Å². The molecule has 0 aromatic heterocycles. The van der Waals surface area contributed by atoms with Crippen molar-refractivity contribution in [2.75, 3.05) is 49.9 Å². The van der Waals surface area contributed by atoms with E-state index in [0.717, 1.165) is 28.0 Å². The standard InChI is InChI=1S/C16H19ClN5O2.C16H17ClN5O2.2W/c1-4-22(6-5-17)11-8-10-12(7-9(11)2)21(3)14-13(18-10)15(23)20-16(24)19-14;1-4-22(6-5-17)11-8-12-10(7-9(11)2)18-13-14(21(12)3)19-16(24)20-15(13)23;;/h7-8,10,12H,1,4-6H2,2-3H3,(H,20,23,24);7-8H,1,4-6H2,2-3H3,(H,20,23,24);;/q2*-1;;. The third kappa shape index (κ3) is 8.14.